The van der Waals surface area contributed by atoms with Crippen molar-refractivity contribution in [2.45, 2.75) is 11.9 Å². The van der Waals surface area contributed by atoms with Gasteiger partial charge in [-0.15, -0.1) is 0 Å². The molecule has 6 nitrogen and oxygen atoms in total. The Morgan fingerprint density at radius 3 is 2.53 bits per heavy atom. The van der Waals surface area contributed by atoms with E-state index in [-0.39, 0.29) is 17.2 Å². The molecule has 30 heavy (non-hydrogen) atoms. The van der Waals surface area contributed by atoms with Crippen LogP contribution < -0.4 is 5.32 Å². The van der Waals surface area contributed by atoms with Crippen molar-refractivity contribution in [3.05, 3.63) is 77.4 Å². The summed E-state index contributed by atoms with van der Waals surface area (Å²) < 4.78 is 4.74. The molecule has 1 amide bonds. The van der Waals surface area contributed by atoms with Gasteiger partial charge in [0.2, 0.25) is 5.91 Å². The first-order valence-corrected chi connectivity index (χ1v) is 10.1. The Kier molecular flexibility index (Phi) is 6.83. The monoisotopic (exact) mass is 417 g/mol. The van der Waals surface area contributed by atoms with E-state index in [0.717, 1.165) is 16.8 Å². The van der Waals surface area contributed by atoms with E-state index in [1.165, 1.54) is 18.9 Å². The van der Waals surface area contributed by atoms with E-state index in [9.17, 15) is 14.9 Å². The molecule has 7 heteroatoms. The van der Waals surface area contributed by atoms with E-state index in [1.807, 2.05) is 31.2 Å². The molecule has 1 N–H and O–H groups in total. The Morgan fingerprint density at radius 2 is 1.83 bits per heavy atom. The fraction of sp³-hybridized carbons (Fsp3) is 0.130. The van der Waals surface area contributed by atoms with E-state index in [4.69, 9.17) is 4.74 Å². The van der Waals surface area contributed by atoms with Crippen LogP contribution >= 0.6 is 11.8 Å². The zero-order valence-corrected chi connectivity index (χ0v) is 17.3. The molecule has 3 aromatic rings. The van der Waals surface area contributed by atoms with Gasteiger partial charge in [0.05, 0.1) is 35.4 Å². The fourth-order valence-corrected chi connectivity index (χ4v) is 3.49. The summed E-state index contributed by atoms with van der Waals surface area (Å²) in [6.07, 6.45) is 0. The van der Waals surface area contributed by atoms with Crippen LogP contribution in [0, 0.1) is 18.3 Å². The molecule has 1 aromatic heterocycles. The summed E-state index contributed by atoms with van der Waals surface area (Å²) in [4.78, 5) is 28.9. The molecule has 150 valence electrons. The average Bonchev–Trinajstić information content (AvgIpc) is 2.78. The summed E-state index contributed by atoms with van der Waals surface area (Å²) >= 11 is 1.17. The predicted octanol–water partition coefficient (Wildman–Crippen LogP) is 4.45. The van der Waals surface area contributed by atoms with Gasteiger partial charge in [-0.25, -0.2) is 9.78 Å². The first-order chi connectivity index (χ1) is 14.5. The lowest BCUT2D eigenvalue weighted by molar-refractivity contribution is -0.113. The molecule has 0 saturated carbocycles. The molecular formula is C23H19N3O3S. The first kappa shape index (κ1) is 21.1. The van der Waals surface area contributed by atoms with Gasteiger partial charge < -0.3 is 10.1 Å². The Balaban J connectivity index is 1.75. The van der Waals surface area contributed by atoms with Gasteiger partial charge in [-0.1, -0.05) is 53.7 Å². The average molecular weight is 417 g/mol. The third-order valence-electron chi connectivity index (χ3n) is 4.27. The molecule has 0 fully saturated rings. The summed E-state index contributed by atoms with van der Waals surface area (Å²) in [5.41, 5.74) is 3.85. The maximum Gasteiger partial charge on any atom is 0.339 e. The molecule has 0 aliphatic carbocycles. The number of carbonyl (C=O) groups excluding carboxylic acids is 2. The second kappa shape index (κ2) is 9.72. The van der Waals surface area contributed by atoms with E-state index in [1.54, 1.807) is 36.4 Å². The number of benzene rings is 2. The highest BCUT2D eigenvalue weighted by molar-refractivity contribution is 8.00. The lowest BCUT2D eigenvalue weighted by Gasteiger charge is -2.10. The Labute approximate surface area is 178 Å². The third kappa shape index (κ3) is 5.04. The molecule has 0 saturated heterocycles. The highest BCUT2D eigenvalue weighted by Gasteiger charge is 2.15. The maximum absolute atomic E-state index is 12.4. The molecule has 3 rings (SSSR count). The third-order valence-corrected chi connectivity index (χ3v) is 5.27. The Hall–Kier alpha value is -3.63. The summed E-state index contributed by atoms with van der Waals surface area (Å²) in [6, 6.07) is 20.1. The van der Waals surface area contributed by atoms with Crippen LogP contribution in [0.2, 0.25) is 0 Å². The number of nitriles is 1. The number of rotatable bonds is 6. The minimum absolute atomic E-state index is 0.0362. The molecular weight excluding hydrogens is 398 g/mol. The zero-order valence-electron chi connectivity index (χ0n) is 16.5. The van der Waals surface area contributed by atoms with E-state index < -0.39 is 5.97 Å². The second-order valence-corrected chi connectivity index (χ2v) is 7.37. The van der Waals surface area contributed by atoms with E-state index in [2.05, 4.69) is 16.4 Å². The number of carbonyl (C=O) groups is 2. The second-order valence-electron chi connectivity index (χ2n) is 6.40. The number of pyridine rings is 1. The van der Waals surface area contributed by atoms with Crippen LogP contribution in [0.1, 0.15) is 21.5 Å². The molecule has 0 aliphatic heterocycles. The Morgan fingerprint density at radius 1 is 1.10 bits per heavy atom. The predicted molar refractivity (Wildman–Crippen MR) is 116 cm³/mol. The number of esters is 1. The van der Waals surface area contributed by atoms with Crippen molar-refractivity contribution >= 4 is 29.3 Å². The van der Waals surface area contributed by atoms with Crippen LogP contribution in [0.3, 0.4) is 0 Å². The van der Waals surface area contributed by atoms with Gasteiger partial charge in [0.1, 0.15) is 11.1 Å². The lowest BCUT2D eigenvalue weighted by atomic mass is 10.1. The molecule has 0 aliphatic rings. The number of hydrogen-bond acceptors (Lipinski definition) is 6. The van der Waals surface area contributed by atoms with Gasteiger partial charge >= 0.3 is 5.97 Å². The van der Waals surface area contributed by atoms with E-state index >= 15 is 0 Å². The van der Waals surface area contributed by atoms with Crippen LogP contribution in [0.15, 0.2) is 65.7 Å². The van der Waals surface area contributed by atoms with Crippen molar-refractivity contribution in [3.63, 3.8) is 0 Å². The number of nitrogens with zero attached hydrogens (tertiary/aromatic N) is 2. The van der Waals surface area contributed by atoms with Crippen molar-refractivity contribution in [1.82, 2.24) is 4.98 Å². The standard InChI is InChI=1S/C23H19N3O3S/c1-15-7-9-16(10-8-15)19-12-11-17(13-24)22(26-19)30-14-21(27)25-20-6-4-3-5-18(20)23(28)29-2/h3-12H,14H2,1-2H3,(H,25,27). The molecule has 2 aromatic carbocycles. The number of para-hydroxylation sites is 1. The van der Waals surface area contributed by atoms with Gasteiger partial charge in [-0.2, -0.15) is 5.26 Å². The summed E-state index contributed by atoms with van der Waals surface area (Å²) in [5, 5.41) is 12.6. The van der Waals surface area contributed by atoms with Crippen LogP contribution in [0.25, 0.3) is 11.3 Å². The zero-order chi connectivity index (χ0) is 21.5. The number of ether oxygens (including phenoxy) is 1. The van der Waals surface area contributed by atoms with E-state index in [0.29, 0.717) is 16.3 Å². The summed E-state index contributed by atoms with van der Waals surface area (Å²) in [5.74, 6) is -0.810. The molecule has 0 atom stereocenters. The smallest absolute Gasteiger partial charge is 0.339 e. The topological polar surface area (TPSA) is 92.1 Å². The minimum atomic E-state index is -0.530. The van der Waals surface area contributed by atoms with Crippen LogP contribution in [0.5, 0.6) is 0 Å². The van der Waals surface area contributed by atoms with Crippen molar-refractivity contribution in [1.29, 1.82) is 5.26 Å². The summed E-state index contributed by atoms with van der Waals surface area (Å²) in [6.45, 7) is 2.01. The molecule has 0 unspecified atom stereocenters. The van der Waals surface area contributed by atoms with Crippen LogP contribution in [-0.4, -0.2) is 29.7 Å². The molecule has 0 radical (unpaired) electrons. The first-order valence-electron chi connectivity index (χ1n) is 9.10. The number of aryl methyl sites for hydroxylation is 1. The quantitative estimate of drug-likeness (QED) is 0.471. The number of hydrogen-bond donors (Lipinski definition) is 1. The van der Waals surface area contributed by atoms with Crippen LogP contribution in [-0.2, 0) is 9.53 Å². The van der Waals surface area contributed by atoms with Crippen LogP contribution in [0.4, 0.5) is 5.69 Å². The van der Waals surface area contributed by atoms with Gasteiger partial charge in [0.25, 0.3) is 0 Å². The van der Waals surface area contributed by atoms with Gasteiger partial charge in [0, 0.05) is 5.56 Å². The summed E-state index contributed by atoms with van der Waals surface area (Å²) in [7, 11) is 1.28. The number of amides is 1. The highest BCUT2D eigenvalue weighted by atomic mass is 32.2. The largest absolute Gasteiger partial charge is 0.465 e. The molecule has 0 spiro atoms. The van der Waals surface area contributed by atoms with Crippen molar-refractivity contribution in [3.8, 4) is 17.3 Å². The number of aromatic nitrogens is 1. The number of methoxy groups -OCH3 is 1. The molecule has 1 heterocycles. The molecule has 0 bridgehead atoms. The maximum atomic E-state index is 12.4. The SMILES string of the molecule is COC(=O)c1ccccc1NC(=O)CSc1nc(-c2ccc(C)cc2)ccc1C#N. The number of thioether (sulfide) groups is 1. The number of anilines is 1. The highest BCUT2D eigenvalue weighted by Crippen LogP contribution is 2.26. The minimum Gasteiger partial charge on any atom is -0.465 e. The van der Waals surface area contributed by atoms with Crippen molar-refractivity contribution in [2.24, 2.45) is 0 Å². The lowest BCUT2D eigenvalue weighted by Crippen LogP contribution is -2.17. The van der Waals surface area contributed by atoms with Gasteiger partial charge in [-0.3, -0.25) is 4.79 Å². The number of nitrogens with one attached hydrogen (secondary N) is 1. The van der Waals surface area contributed by atoms with Crippen molar-refractivity contribution < 1.29 is 14.3 Å². The van der Waals surface area contributed by atoms with Gasteiger partial charge in [0.15, 0.2) is 0 Å². The van der Waals surface area contributed by atoms with Gasteiger partial charge in [-0.05, 0) is 31.2 Å². The van der Waals surface area contributed by atoms with Crippen molar-refractivity contribution in [2.75, 3.05) is 18.2 Å². The normalized spacial score (nSPS) is 10.2. The Bertz CT molecular complexity index is 1120. The fourth-order valence-electron chi connectivity index (χ4n) is 2.72.